The highest BCUT2D eigenvalue weighted by molar-refractivity contribution is 6.30. The molecule has 0 bridgehead atoms. The van der Waals surface area contributed by atoms with Gasteiger partial charge in [0.25, 0.3) is 0 Å². The Morgan fingerprint density at radius 2 is 2.07 bits per heavy atom. The lowest BCUT2D eigenvalue weighted by Crippen LogP contribution is -2.14. The third kappa shape index (κ3) is 2.82. The summed E-state index contributed by atoms with van der Waals surface area (Å²) in [5.74, 6) is -0.109. The first kappa shape index (κ1) is 11.2. The number of rotatable bonds is 3. The average Bonchev–Trinajstić information content (AvgIpc) is 2.08. The molecule has 0 aliphatic heterocycles. The molecule has 0 aliphatic rings. The fourth-order valence-electron chi connectivity index (χ4n) is 1.14. The van der Waals surface area contributed by atoms with Crippen molar-refractivity contribution in [2.75, 3.05) is 0 Å². The number of aromatic hydroxyl groups is 1. The number of hydrogen-bond acceptors (Lipinski definition) is 2. The van der Waals surface area contributed by atoms with Crippen molar-refractivity contribution < 1.29 is 13.9 Å². The van der Waals surface area contributed by atoms with E-state index in [2.05, 4.69) is 0 Å². The van der Waals surface area contributed by atoms with Gasteiger partial charge < -0.3 is 10.8 Å². The van der Waals surface area contributed by atoms with Crippen LogP contribution in [0, 0.1) is 0 Å². The molecule has 0 saturated heterocycles. The van der Waals surface area contributed by atoms with Crippen molar-refractivity contribution >= 4 is 11.6 Å². The minimum Gasteiger partial charge on any atom is -0.508 e. The van der Waals surface area contributed by atoms with E-state index in [-0.39, 0.29) is 11.3 Å². The van der Waals surface area contributed by atoms with E-state index in [1.807, 2.05) is 0 Å². The summed E-state index contributed by atoms with van der Waals surface area (Å²) in [6, 6.07) is 3.30. The van der Waals surface area contributed by atoms with Crippen molar-refractivity contribution in [3.05, 3.63) is 28.8 Å². The predicted octanol–water partition coefficient (Wildman–Crippen LogP) is 2.70. The Balaban J connectivity index is 2.88. The van der Waals surface area contributed by atoms with Crippen LogP contribution in [0.2, 0.25) is 5.02 Å². The van der Waals surface area contributed by atoms with Gasteiger partial charge in [-0.1, -0.05) is 11.6 Å². The molecular formula is C9H10ClF2NO. The molecule has 0 saturated carbocycles. The largest absolute Gasteiger partial charge is 0.508 e. The molecule has 78 valence electrons. The van der Waals surface area contributed by atoms with Gasteiger partial charge in [0.05, 0.1) is 0 Å². The van der Waals surface area contributed by atoms with Gasteiger partial charge in [0.15, 0.2) is 0 Å². The molecule has 0 unspecified atom stereocenters. The van der Waals surface area contributed by atoms with Crippen molar-refractivity contribution in [3.8, 4) is 5.75 Å². The van der Waals surface area contributed by atoms with Crippen LogP contribution >= 0.6 is 11.6 Å². The molecule has 1 aromatic rings. The molecule has 14 heavy (non-hydrogen) atoms. The standard InChI is InChI=1S/C9H10ClF2NO/c10-5-1-2-8(14)6(3-5)7(13)4-9(11)12/h1-3,7,9,14H,4,13H2/t7-/m0/s1. The maximum Gasteiger partial charge on any atom is 0.240 e. The summed E-state index contributed by atoms with van der Waals surface area (Å²) in [5, 5.41) is 9.70. The molecular weight excluding hydrogens is 212 g/mol. The molecule has 0 radical (unpaired) electrons. The van der Waals surface area contributed by atoms with Crippen LogP contribution in [0.3, 0.4) is 0 Å². The summed E-state index contributed by atoms with van der Waals surface area (Å²) < 4.78 is 24.0. The molecule has 5 heteroatoms. The lowest BCUT2D eigenvalue weighted by Gasteiger charge is -2.13. The Morgan fingerprint density at radius 1 is 1.43 bits per heavy atom. The number of benzene rings is 1. The summed E-state index contributed by atoms with van der Waals surface area (Å²) in [4.78, 5) is 0. The highest BCUT2D eigenvalue weighted by Gasteiger charge is 2.16. The van der Waals surface area contributed by atoms with Crippen LogP contribution in [0.5, 0.6) is 5.75 Å². The van der Waals surface area contributed by atoms with Crippen LogP contribution in [0.1, 0.15) is 18.0 Å². The van der Waals surface area contributed by atoms with E-state index in [1.54, 1.807) is 0 Å². The van der Waals surface area contributed by atoms with Gasteiger partial charge in [-0.25, -0.2) is 8.78 Å². The fraction of sp³-hybridized carbons (Fsp3) is 0.333. The first-order valence-corrected chi connectivity index (χ1v) is 4.40. The molecule has 1 rings (SSSR count). The zero-order chi connectivity index (χ0) is 10.7. The van der Waals surface area contributed by atoms with E-state index >= 15 is 0 Å². The zero-order valence-electron chi connectivity index (χ0n) is 7.25. The molecule has 0 amide bonds. The Kier molecular flexibility index (Phi) is 3.66. The van der Waals surface area contributed by atoms with Crippen molar-refractivity contribution in [2.45, 2.75) is 18.9 Å². The molecule has 0 spiro atoms. The monoisotopic (exact) mass is 221 g/mol. The van der Waals surface area contributed by atoms with Crippen LogP contribution in [0.15, 0.2) is 18.2 Å². The summed E-state index contributed by atoms with van der Waals surface area (Å²) >= 11 is 5.64. The Bertz CT molecular complexity index is 320. The Hall–Kier alpha value is -0.870. The van der Waals surface area contributed by atoms with E-state index in [1.165, 1.54) is 18.2 Å². The van der Waals surface area contributed by atoms with Gasteiger partial charge in [-0.3, -0.25) is 0 Å². The molecule has 1 aromatic carbocycles. The maximum absolute atomic E-state index is 12.0. The van der Waals surface area contributed by atoms with Gasteiger partial charge in [-0.15, -0.1) is 0 Å². The molecule has 0 fully saturated rings. The number of phenols is 1. The van der Waals surface area contributed by atoms with Gasteiger partial charge in [-0.2, -0.15) is 0 Å². The lowest BCUT2D eigenvalue weighted by molar-refractivity contribution is 0.128. The first-order chi connectivity index (χ1) is 6.50. The summed E-state index contributed by atoms with van der Waals surface area (Å²) in [6.07, 6.45) is -2.99. The van der Waals surface area contributed by atoms with Crippen molar-refractivity contribution in [1.29, 1.82) is 0 Å². The first-order valence-electron chi connectivity index (χ1n) is 4.03. The van der Waals surface area contributed by atoms with Gasteiger partial charge in [0, 0.05) is 23.0 Å². The summed E-state index contributed by atoms with van der Waals surface area (Å²) in [5.41, 5.74) is 5.71. The molecule has 1 atom stereocenters. The molecule has 2 nitrogen and oxygen atoms in total. The molecule has 3 N–H and O–H groups in total. The number of hydrogen-bond donors (Lipinski definition) is 2. The number of phenolic OH excluding ortho intramolecular Hbond substituents is 1. The normalized spacial score (nSPS) is 13.2. The second-order valence-electron chi connectivity index (χ2n) is 2.94. The van der Waals surface area contributed by atoms with E-state index < -0.39 is 18.9 Å². The topological polar surface area (TPSA) is 46.2 Å². The van der Waals surface area contributed by atoms with Crippen molar-refractivity contribution in [3.63, 3.8) is 0 Å². The predicted molar refractivity (Wildman–Crippen MR) is 50.7 cm³/mol. The van der Waals surface area contributed by atoms with Gasteiger partial charge in [0.1, 0.15) is 5.75 Å². The average molecular weight is 222 g/mol. The van der Waals surface area contributed by atoms with E-state index in [0.717, 1.165) is 0 Å². The van der Waals surface area contributed by atoms with E-state index in [4.69, 9.17) is 17.3 Å². The van der Waals surface area contributed by atoms with Gasteiger partial charge in [-0.05, 0) is 18.2 Å². The number of halogens is 3. The van der Waals surface area contributed by atoms with Gasteiger partial charge >= 0.3 is 0 Å². The quantitative estimate of drug-likeness (QED) is 0.825. The Morgan fingerprint density at radius 3 is 2.64 bits per heavy atom. The maximum atomic E-state index is 12.0. The minimum atomic E-state index is -2.50. The molecule has 0 heterocycles. The third-order valence-electron chi connectivity index (χ3n) is 1.82. The highest BCUT2D eigenvalue weighted by Crippen LogP contribution is 2.28. The highest BCUT2D eigenvalue weighted by atomic mass is 35.5. The summed E-state index contributed by atoms with van der Waals surface area (Å²) in [6.45, 7) is 0. The van der Waals surface area contributed by atoms with Crippen molar-refractivity contribution in [2.24, 2.45) is 5.73 Å². The van der Waals surface area contributed by atoms with Crippen LogP contribution in [0.25, 0.3) is 0 Å². The van der Waals surface area contributed by atoms with E-state index in [9.17, 15) is 13.9 Å². The second kappa shape index (κ2) is 4.57. The fourth-order valence-corrected chi connectivity index (χ4v) is 1.32. The lowest BCUT2D eigenvalue weighted by atomic mass is 10.0. The number of alkyl halides is 2. The smallest absolute Gasteiger partial charge is 0.240 e. The Labute approximate surface area is 85.3 Å². The van der Waals surface area contributed by atoms with Crippen molar-refractivity contribution in [1.82, 2.24) is 0 Å². The number of nitrogens with two attached hydrogens (primary N) is 1. The molecule has 0 aromatic heterocycles. The van der Waals surface area contributed by atoms with Crippen LogP contribution in [0.4, 0.5) is 8.78 Å². The van der Waals surface area contributed by atoms with Gasteiger partial charge in [0.2, 0.25) is 6.43 Å². The zero-order valence-corrected chi connectivity index (χ0v) is 8.01. The minimum absolute atomic E-state index is 0.109. The summed E-state index contributed by atoms with van der Waals surface area (Å²) in [7, 11) is 0. The molecule has 0 aliphatic carbocycles. The van der Waals surface area contributed by atoms with Crippen LogP contribution in [-0.2, 0) is 0 Å². The third-order valence-corrected chi connectivity index (χ3v) is 2.06. The van der Waals surface area contributed by atoms with Crippen LogP contribution in [-0.4, -0.2) is 11.5 Å². The second-order valence-corrected chi connectivity index (χ2v) is 3.37. The SMILES string of the molecule is N[C@@H](CC(F)F)c1cc(Cl)ccc1O. The van der Waals surface area contributed by atoms with Crippen LogP contribution < -0.4 is 5.73 Å². The van der Waals surface area contributed by atoms with E-state index in [0.29, 0.717) is 5.02 Å².